The molecule has 0 aliphatic carbocycles. The molecule has 1 amide bonds. The fourth-order valence-electron chi connectivity index (χ4n) is 4.00. The zero-order valence-corrected chi connectivity index (χ0v) is 24.0. The van der Waals surface area contributed by atoms with Crippen LogP contribution in [0.1, 0.15) is 64.2 Å². The summed E-state index contributed by atoms with van der Waals surface area (Å²) < 4.78 is 0. The molecule has 172 valence electrons. The molecule has 1 aliphatic heterocycles. The molecule has 7 heteroatoms. The van der Waals surface area contributed by atoms with E-state index < -0.39 is 5.97 Å². The number of fused-ring (bicyclic) bond motifs is 1. The number of carboxylic acid groups (broad SMARTS) is 1. The molecule has 3 aromatic rings. The van der Waals surface area contributed by atoms with Crippen LogP contribution in [0.5, 0.6) is 0 Å². The molecule has 1 atom stereocenters. The average Bonchev–Trinajstić information content (AvgIpc) is 3.23. The molecule has 0 spiro atoms. The van der Waals surface area contributed by atoms with Gasteiger partial charge in [-0.25, -0.2) is 0 Å². The van der Waals surface area contributed by atoms with E-state index in [4.69, 9.17) is 11.6 Å². The summed E-state index contributed by atoms with van der Waals surface area (Å²) in [6.07, 6.45) is 0.886. The molecule has 5 nitrogen and oxygen atoms in total. The van der Waals surface area contributed by atoms with Crippen LogP contribution in [-0.4, -0.2) is 18.4 Å². The van der Waals surface area contributed by atoms with E-state index in [0.717, 1.165) is 35.3 Å². The van der Waals surface area contributed by atoms with Gasteiger partial charge in [0.15, 0.2) is 0 Å². The minimum atomic E-state index is -1.22. The van der Waals surface area contributed by atoms with Crippen molar-refractivity contribution in [2.24, 2.45) is 0 Å². The second-order valence-corrected chi connectivity index (χ2v) is 8.16. The predicted octanol–water partition coefficient (Wildman–Crippen LogP) is 1.79. The second kappa shape index (κ2) is 13.4. The van der Waals surface area contributed by atoms with Crippen molar-refractivity contribution in [3.05, 3.63) is 99.6 Å². The summed E-state index contributed by atoms with van der Waals surface area (Å²) in [5.41, 5.74) is 4.77. The minimum Gasteiger partial charge on any atom is -0.545 e. The number of carbonyl (C=O) groups is 2. The molecule has 1 heterocycles. The number of nitrogens with one attached hydrogen (secondary N) is 1. The molecular formula is C27H28ClKN2O3. The van der Waals surface area contributed by atoms with E-state index in [-0.39, 0.29) is 68.9 Å². The third-order valence-corrected chi connectivity index (χ3v) is 5.82. The van der Waals surface area contributed by atoms with Gasteiger partial charge >= 0.3 is 51.4 Å². The summed E-state index contributed by atoms with van der Waals surface area (Å²) in [4.78, 5) is 26.3. The van der Waals surface area contributed by atoms with Crippen molar-refractivity contribution >= 4 is 29.2 Å². The number of benzene rings is 3. The van der Waals surface area contributed by atoms with Crippen LogP contribution in [-0.2, 0) is 13.0 Å². The molecule has 4 rings (SSSR count). The standard InChI is InChI=1S/C25H23ClN2O3.C2H6.K/c1-16(18-8-10-20(11-9-18)25(30)31)27-24(29)22-7-3-5-19-12-13-28(23(19)22)15-17-4-2-6-21(26)14-17;1-2;/h2-11,14,16H,12-13,15H2,1H3,(H,27,29)(H,30,31);1-2H3;/q;;+1/p-1/t16-;;/m0../s1. The van der Waals surface area contributed by atoms with Crippen molar-refractivity contribution in [1.82, 2.24) is 5.32 Å². The van der Waals surface area contributed by atoms with Crippen LogP contribution in [0.2, 0.25) is 5.02 Å². The Labute approximate surface area is 248 Å². The number of aromatic carboxylic acids is 1. The normalized spacial score (nSPS) is 12.5. The Hall–Kier alpha value is -1.67. The van der Waals surface area contributed by atoms with Gasteiger partial charge in [0, 0.05) is 18.1 Å². The van der Waals surface area contributed by atoms with Crippen molar-refractivity contribution in [1.29, 1.82) is 0 Å². The summed E-state index contributed by atoms with van der Waals surface area (Å²) in [7, 11) is 0. The number of hydrogen-bond acceptors (Lipinski definition) is 4. The fourth-order valence-corrected chi connectivity index (χ4v) is 4.21. The number of carboxylic acids is 1. The Balaban J connectivity index is 0.00000133. The van der Waals surface area contributed by atoms with Crippen LogP contribution in [0.25, 0.3) is 0 Å². The number of anilines is 1. The Bertz CT molecular complexity index is 1130. The van der Waals surface area contributed by atoms with Gasteiger partial charge in [-0.1, -0.05) is 74.0 Å². The number of carbonyl (C=O) groups excluding carboxylic acids is 2. The first-order valence-electron chi connectivity index (χ1n) is 11.2. The van der Waals surface area contributed by atoms with Gasteiger partial charge in [-0.2, -0.15) is 0 Å². The summed E-state index contributed by atoms with van der Waals surface area (Å²) in [5.74, 6) is -1.38. The van der Waals surface area contributed by atoms with Crippen LogP contribution < -0.4 is 66.7 Å². The number of nitrogens with zero attached hydrogens (tertiary/aromatic N) is 1. The molecular weight excluding hydrogens is 475 g/mol. The van der Waals surface area contributed by atoms with E-state index in [9.17, 15) is 14.7 Å². The van der Waals surface area contributed by atoms with Gasteiger partial charge in [0.1, 0.15) is 0 Å². The predicted molar refractivity (Wildman–Crippen MR) is 131 cm³/mol. The van der Waals surface area contributed by atoms with E-state index in [0.29, 0.717) is 17.1 Å². The SMILES string of the molecule is CC.C[C@H](NC(=O)c1cccc2c1N(Cc1cccc(Cl)c1)CC2)c1ccc(C(=O)[O-])cc1.[K+]. The summed E-state index contributed by atoms with van der Waals surface area (Å²) >= 11 is 6.14. The van der Waals surface area contributed by atoms with Crippen LogP contribution in [0.4, 0.5) is 5.69 Å². The van der Waals surface area contributed by atoms with Crippen LogP contribution in [0.15, 0.2) is 66.7 Å². The fraction of sp³-hybridized carbons (Fsp3) is 0.259. The molecule has 0 unspecified atom stereocenters. The summed E-state index contributed by atoms with van der Waals surface area (Å²) in [5, 5.41) is 14.7. The summed E-state index contributed by atoms with van der Waals surface area (Å²) in [6.45, 7) is 7.39. The van der Waals surface area contributed by atoms with Gasteiger partial charge in [0.25, 0.3) is 5.91 Å². The molecule has 34 heavy (non-hydrogen) atoms. The van der Waals surface area contributed by atoms with Crippen molar-refractivity contribution < 1.29 is 66.1 Å². The summed E-state index contributed by atoms with van der Waals surface area (Å²) in [6, 6.07) is 19.7. The van der Waals surface area contributed by atoms with E-state index in [2.05, 4.69) is 16.3 Å². The van der Waals surface area contributed by atoms with E-state index in [1.165, 1.54) is 12.1 Å². The first-order chi connectivity index (χ1) is 15.9. The quantitative estimate of drug-likeness (QED) is 0.522. The maximum Gasteiger partial charge on any atom is 1.00 e. The van der Waals surface area contributed by atoms with Gasteiger partial charge in [-0.3, -0.25) is 4.79 Å². The Morgan fingerprint density at radius 2 is 1.74 bits per heavy atom. The molecule has 0 radical (unpaired) electrons. The van der Waals surface area contributed by atoms with Gasteiger partial charge in [0.2, 0.25) is 0 Å². The van der Waals surface area contributed by atoms with Crippen LogP contribution in [0, 0.1) is 0 Å². The number of para-hydroxylation sites is 1. The van der Waals surface area contributed by atoms with Crippen molar-refractivity contribution in [3.63, 3.8) is 0 Å². The van der Waals surface area contributed by atoms with Gasteiger partial charge in [-0.05, 0) is 53.8 Å². The Morgan fingerprint density at radius 1 is 1.06 bits per heavy atom. The number of amides is 1. The molecule has 1 N–H and O–H groups in total. The van der Waals surface area contributed by atoms with E-state index in [1.54, 1.807) is 12.1 Å². The van der Waals surface area contributed by atoms with Crippen LogP contribution in [0.3, 0.4) is 0 Å². The minimum absolute atomic E-state index is 0. The second-order valence-electron chi connectivity index (χ2n) is 7.72. The first kappa shape index (κ1) is 28.6. The number of hydrogen-bond donors (Lipinski definition) is 1. The maximum absolute atomic E-state index is 13.2. The largest absolute Gasteiger partial charge is 1.00 e. The Morgan fingerprint density at radius 3 is 2.38 bits per heavy atom. The first-order valence-corrected chi connectivity index (χ1v) is 11.5. The monoisotopic (exact) mass is 502 g/mol. The zero-order valence-electron chi connectivity index (χ0n) is 20.1. The number of rotatable bonds is 6. The van der Waals surface area contributed by atoms with Gasteiger partial charge in [0.05, 0.1) is 23.3 Å². The molecule has 0 saturated carbocycles. The van der Waals surface area contributed by atoms with Crippen molar-refractivity contribution in [3.8, 4) is 0 Å². The van der Waals surface area contributed by atoms with Gasteiger partial charge in [-0.15, -0.1) is 0 Å². The van der Waals surface area contributed by atoms with Crippen LogP contribution >= 0.6 is 11.6 Å². The third-order valence-electron chi connectivity index (χ3n) is 5.59. The zero-order chi connectivity index (χ0) is 24.0. The van der Waals surface area contributed by atoms with E-state index >= 15 is 0 Å². The smallest absolute Gasteiger partial charge is 0.545 e. The molecule has 0 bridgehead atoms. The van der Waals surface area contributed by atoms with Crippen molar-refractivity contribution in [2.75, 3.05) is 11.4 Å². The molecule has 0 aromatic heterocycles. The topological polar surface area (TPSA) is 72.5 Å². The molecule has 0 saturated heterocycles. The average molecular weight is 503 g/mol. The van der Waals surface area contributed by atoms with Crippen molar-refractivity contribution in [2.45, 2.75) is 39.8 Å². The molecule has 1 aliphatic rings. The van der Waals surface area contributed by atoms with E-state index in [1.807, 2.05) is 57.2 Å². The molecule has 0 fully saturated rings. The molecule has 3 aromatic carbocycles. The number of halogens is 1. The van der Waals surface area contributed by atoms with Gasteiger partial charge < -0.3 is 20.1 Å². The maximum atomic E-state index is 13.2. The Kier molecular flexibility index (Phi) is 11.3. The third kappa shape index (κ3) is 6.93.